The van der Waals surface area contributed by atoms with E-state index in [4.69, 9.17) is 9.05 Å². The Morgan fingerprint density at radius 3 is 2.34 bits per heavy atom. The van der Waals surface area contributed by atoms with Crippen LogP contribution >= 0.6 is 7.60 Å². The van der Waals surface area contributed by atoms with Gasteiger partial charge in [-0.05, 0) is 69.1 Å². The van der Waals surface area contributed by atoms with Gasteiger partial charge in [-0.3, -0.25) is 9.46 Å². The molecule has 1 aliphatic rings. The molecule has 2 aromatic heterocycles. The fourth-order valence-electron chi connectivity index (χ4n) is 5.35. The lowest BCUT2D eigenvalue weighted by molar-refractivity contribution is -0.137. The Hall–Kier alpha value is -3.64. The molecular weight excluding hydrogens is 596 g/mol. The second kappa shape index (κ2) is 13.2. The maximum absolute atomic E-state index is 14.0. The van der Waals surface area contributed by atoms with Crippen LogP contribution in [0.5, 0.6) is 5.88 Å². The summed E-state index contributed by atoms with van der Waals surface area (Å²) in [6.07, 6.45) is 0.103. The second-order valence-electron chi connectivity index (χ2n) is 10.6. The Kier molecular flexibility index (Phi) is 9.50. The molecule has 44 heavy (non-hydrogen) atoms. The van der Waals surface area contributed by atoms with Gasteiger partial charge in [0.15, 0.2) is 0 Å². The number of alkyl halides is 3. The van der Waals surface area contributed by atoms with Crippen LogP contribution in [-0.4, -0.2) is 50.8 Å². The predicted molar refractivity (Wildman–Crippen MR) is 164 cm³/mol. The number of hydrogen-bond donors (Lipinski definition) is 3. The van der Waals surface area contributed by atoms with Gasteiger partial charge in [0.2, 0.25) is 11.8 Å². The van der Waals surface area contributed by atoms with Crippen molar-refractivity contribution in [3.63, 3.8) is 0 Å². The molecule has 0 saturated carbocycles. The number of halogens is 3. The highest BCUT2D eigenvalue weighted by atomic mass is 31.2. The van der Waals surface area contributed by atoms with Crippen molar-refractivity contribution in [1.29, 1.82) is 0 Å². The molecule has 1 aliphatic heterocycles. The number of hydrogen-bond acceptors (Lipinski definition) is 9. The number of benzene rings is 2. The second-order valence-corrected chi connectivity index (χ2v) is 12.7. The number of aromatic nitrogens is 3. The molecule has 0 radical (unpaired) electrons. The molecule has 5 rings (SSSR count). The molecule has 3 N–H and O–H groups in total. The summed E-state index contributed by atoms with van der Waals surface area (Å²) in [5, 5.41) is 17.8. The van der Waals surface area contributed by atoms with Gasteiger partial charge in [0.25, 0.3) is 0 Å². The molecule has 1 saturated heterocycles. The van der Waals surface area contributed by atoms with Crippen molar-refractivity contribution in [2.45, 2.75) is 45.6 Å². The Balaban J connectivity index is 1.42. The molecule has 0 atom stereocenters. The summed E-state index contributed by atoms with van der Waals surface area (Å²) < 4.78 is 67.2. The third kappa shape index (κ3) is 7.18. The number of nitrogens with one attached hydrogen (secondary N) is 2. The van der Waals surface area contributed by atoms with Crippen molar-refractivity contribution in [2.24, 2.45) is 7.05 Å². The molecule has 1 fully saturated rings. The fourth-order valence-corrected chi connectivity index (χ4v) is 7.05. The minimum Gasteiger partial charge on any atom is -0.494 e. The topological polar surface area (TPSA) is 114 Å². The molecule has 0 aliphatic carbocycles. The van der Waals surface area contributed by atoms with Crippen LogP contribution in [0, 0.1) is 0 Å². The highest BCUT2D eigenvalue weighted by molar-refractivity contribution is 7.53. The Morgan fingerprint density at radius 2 is 1.70 bits per heavy atom. The number of fused-ring (bicyclic) bond motifs is 1. The van der Waals surface area contributed by atoms with E-state index in [1.54, 1.807) is 62.0 Å². The van der Waals surface area contributed by atoms with Crippen molar-refractivity contribution in [3.8, 4) is 5.88 Å². The van der Waals surface area contributed by atoms with Crippen LogP contribution in [0.2, 0.25) is 0 Å². The first-order valence-corrected chi connectivity index (χ1v) is 16.2. The van der Waals surface area contributed by atoms with Gasteiger partial charge in [0, 0.05) is 37.1 Å². The van der Waals surface area contributed by atoms with Gasteiger partial charge in [-0.25, -0.2) is 4.98 Å². The van der Waals surface area contributed by atoms with Crippen LogP contribution in [0.3, 0.4) is 0 Å². The zero-order valence-corrected chi connectivity index (χ0v) is 25.7. The first-order chi connectivity index (χ1) is 21.0. The van der Waals surface area contributed by atoms with E-state index in [0.29, 0.717) is 23.2 Å². The summed E-state index contributed by atoms with van der Waals surface area (Å²) in [7, 11) is -1.61. The van der Waals surface area contributed by atoms with E-state index in [0.717, 1.165) is 43.1 Å². The quantitative estimate of drug-likeness (QED) is 0.136. The van der Waals surface area contributed by atoms with Gasteiger partial charge in [-0.1, -0.05) is 18.2 Å². The van der Waals surface area contributed by atoms with Crippen LogP contribution in [0.1, 0.15) is 43.4 Å². The van der Waals surface area contributed by atoms with Crippen LogP contribution in [0.25, 0.3) is 10.8 Å². The zero-order chi connectivity index (χ0) is 31.5. The van der Waals surface area contributed by atoms with Crippen LogP contribution in [-0.2, 0) is 39.5 Å². The zero-order valence-electron chi connectivity index (χ0n) is 24.8. The minimum absolute atomic E-state index is 0.0648. The van der Waals surface area contributed by atoms with Crippen molar-refractivity contribution >= 4 is 41.5 Å². The SMILES string of the molecule is CCOP(=O)(Cc1ccc(Nc2ncc(C(F)(F)F)c(Nc3ccc(CN4CCCC4)c4cn(C)c(O)c34)n2)cc1)OCC. The maximum atomic E-state index is 14.0. The Morgan fingerprint density at radius 1 is 1.02 bits per heavy atom. The standard InChI is InChI=1S/C30H36F3N6O4P/c1-4-42-44(41,43-5-2)19-20-8-11-22(12-9-20)35-29-34-16-24(30(31,32)33)27(37-29)36-25-13-10-21(17-39-14-6-7-15-39)23-18-38(3)28(40)26(23)25/h8-13,16,18,40H,4-7,14-15,17,19H2,1-3H3,(H2,34,35,36,37). The average Bonchev–Trinajstić information content (AvgIpc) is 3.58. The Labute approximate surface area is 253 Å². The summed E-state index contributed by atoms with van der Waals surface area (Å²) in [4.78, 5) is 10.4. The van der Waals surface area contributed by atoms with Gasteiger partial charge in [0.1, 0.15) is 11.4 Å². The van der Waals surface area contributed by atoms with E-state index >= 15 is 0 Å². The van der Waals surface area contributed by atoms with E-state index in [2.05, 4.69) is 25.5 Å². The van der Waals surface area contributed by atoms with Gasteiger partial charge >= 0.3 is 13.8 Å². The van der Waals surface area contributed by atoms with Crippen molar-refractivity contribution < 1.29 is 31.9 Å². The highest BCUT2D eigenvalue weighted by Crippen LogP contribution is 2.51. The summed E-state index contributed by atoms with van der Waals surface area (Å²) in [5.74, 6) is -0.593. The molecule has 0 unspecified atom stereocenters. The average molecular weight is 633 g/mol. The van der Waals surface area contributed by atoms with Crippen molar-refractivity contribution in [3.05, 3.63) is 65.5 Å². The third-order valence-corrected chi connectivity index (χ3v) is 9.45. The van der Waals surface area contributed by atoms with E-state index < -0.39 is 25.2 Å². The van der Waals surface area contributed by atoms with Gasteiger partial charge < -0.3 is 29.4 Å². The minimum atomic E-state index is -4.73. The molecule has 0 bridgehead atoms. The van der Waals surface area contributed by atoms with E-state index in [-0.39, 0.29) is 36.9 Å². The van der Waals surface area contributed by atoms with E-state index in [1.165, 1.54) is 0 Å². The lowest BCUT2D eigenvalue weighted by atomic mass is 10.1. The van der Waals surface area contributed by atoms with Crippen LogP contribution in [0.15, 0.2) is 48.8 Å². The number of aromatic hydroxyl groups is 1. The van der Waals surface area contributed by atoms with Gasteiger partial charge in [0.05, 0.1) is 30.4 Å². The normalized spacial score (nSPS) is 14.4. The smallest absolute Gasteiger partial charge is 0.421 e. The third-order valence-electron chi connectivity index (χ3n) is 7.39. The number of likely N-dealkylation sites (tertiary alicyclic amines) is 1. The summed E-state index contributed by atoms with van der Waals surface area (Å²) in [6.45, 7) is 6.62. The summed E-state index contributed by atoms with van der Waals surface area (Å²) >= 11 is 0. The van der Waals surface area contributed by atoms with E-state index in [9.17, 15) is 22.8 Å². The molecule has 4 aromatic rings. The predicted octanol–water partition coefficient (Wildman–Crippen LogP) is 7.54. The molecule has 0 amide bonds. The van der Waals surface area contributed by atoms with E-state index in [1.807, 2.05) is 6.07 Å². The molecule has 0 spiro atoms. The first kappa shape index (κ1) is 31.8. The molecule has 10 nitrogen and oxygen atoms in total. The molecular formula is C30H36F3N6O4P. The number of anilines is 4. The summed E-state index contributed by atoms with van der Waals surface area (Å²) in [6, 6.07) is 10.3. The van der Waals surface area contributed by atoms with Crippen LogP contribution in [0.4, 0.5) is 36.3 Å². The van der Waals surface area contributed by atoms with Gasteiger partial charge in [-0.2, -0.15) is 18.2 Å². The molecule has 2 aromatic carbocycles. The van der Waals surface area contributed by atoms with Crippen molar-refractivity contribution in [1.82, 2.24) is 19.4 Å². The monoisotopic (exact) mass is 632 g/mol. The lowest BCUT2D eigenvalue weighted by Crippen LogP contribution is -2.18. The fraction of sp³-hybridized carbons (Fsp3) is 0.400. The lowest BCUT2D eigenvalue weighted by Gasteiger charge is -2.18. The van der Waals surface area contributed by atoms with Crippen LogP contribution < -0.4 is 10.6 Å². The largest absolute Gasteiger partial charge is 0.494 e. The van der Waals surface area contributed by atoms with Gasteiger partial charge in [-0.15, -0.1) is 0 Å². The first-order valence-electron chi connectivity index (χ1n) is 14.5. The number of rotatable bonds is 12. The number of nitrogens with zero attached hydrogens (tertiary/aromatic N) is 4. The molecule has 236 valence electrons. The molecule has 14 heteroatoms. The Bertz CT molecular complexity index is 1650. The number of aryl methyl sites for hydroxylation is 1. The molecule has 3 heterocycles. The van der Waals surface area contributed by atoms with Crippen molar-refractivity contribution in [2.75, 3.05) is 36.9 Å². The maximum Gasteiger partial charge on any atom is 0.421 e. The highest BCUT2D eigenvalue weighted by Gasteiger charge is 2.36. The summed E-state index contributed by atoms with van der Waals surface area (Å²) in [5.41, 5.74) is 1.43.